The summed E-state index contributed by atoms with van der Waals surface area (Å²) < 4.78 is 25.7. The lowest BCUT2D eigenvalue weighted by Crippen LogP contribution is -2.50. The fourth-order valence-electron chi connectivity index (χ4n) is 4.60. The summed E-state index contributed by atoms with van der Waals surface area (Å²) in [6.45, 7) is 16.8. The summed E-state index contributed by atoms with van der Waals surface area (Å²) in [5, 5.41) is 0. The molecule has 0 bridgehead atoms. The molecule has 4 nitrogen and oxygen atoms in total. The van der Waals surface area contributed by atoms with Crippen molar-refractivity contribution in [3.05, 3.63) is 0 Å². The van der Waals surface area contributed by atoms with E-state index in [1.54, 1.807) is 4.31 Å². The summed E-state index contributed by atoms with van der Waals surface area (Å²) in [4.78, 5) is 2.52. The third kappa shape index (κ3) is 4.70. The lowest BCUT2D eigenvalue weighted by molar-refractivity contribution is 0.0782. The van der Waals surface area contributed by atoms with E-state index in [-0.39, 0.29) is 5.54 Å². The Balaban J connectivity index is 2.74. The molecule has 0 aromatic rings. The minimum Gasteiger partial charge on any atom is -0.300 e. The van der Waals surface area contributed by atoms with Gasteiger partial charge in [-0.3, -0.25) is 4.90 Å². The minimum atomic E-state index is -3.17. The van der Waals surface area contributed by atoms with Gasteiger partial charge in [0.15, 0.2) is 0 Å². The van der Waals surface area contributed by atoms with Crippen LogP contribution in [0.1, 0.15) is 67.7 Å². The third-order valence-corrected chi connectivity index (χ3v) is 7.20. The van der Waals surface area contributed by atoms with Gasteiger partial charge in [-0.1, -0.05) is 34.6 Å². The van der Waals surface area contributed by atoms with Gasteiger partial charge in [0, 0.05) is 24.2 Å². The second-order valence-electron chi connectivity index (χ2n) is 9.21. The molecule has 1 atom stereocenters. The Kier molecular flexibility index (Phi) is 6.04. The van der Waals surface area contributed by atoms with E-state index in [2.05, 4.69) is 39.6 Å². The highest BCUT2D eigenvalue weighted by molar-refractivity contribution is 7.88. The second-order valence-corrected chi connectivity index (χ2v) is 11.1. The van der Waals surface area contributed by atoms with Gasteiger partial charge in [0.25, 0.3) is 0 Å². The average molecular weight is 347 g/mol. The third-order valence-electron chi connectivity index (χ3n) is 5.65. The van der Waals surface area contributed by atoms with Crippen LogP contribution in [0.5, 0.6) is 0 Å². The highest BCUT2D eigenvalue weighted by Crippen LogP contribution is 2.53. The van der Waals surface area contributed by atoms with E-state index < -0.39 is 10.0 Å². The summed E-state index contributed by atoms with van der Waals surface area (Å²) in [6.07, 6.45) is 4.73. The molecule has 5 heteroatoms. The van der Waals surface area contributed by atoms with Gasteiger partial charge in [0.05, 0.1) is 6.26 Å². The Hall–Kier alpha value is -0.130. The van der Waals surface area contributed by atoms with Crippen LogP contribution in [0.4, 0.5) is 0 Å². The molecule has 138 valence electrons. The Morgan fingerprint density at radius 2 is 1.61 bits per heavy atom. The molecule has 0 N–H and O–H groups in total. The van der Waals surface area contributed by atoms with Gasteiger partial charge in [0.2, 0.25) is 10.0 Å². The molecular formula is C18H38N2O2S. The largest absolute Gasteiger partial charge is 0.300 e. The monoisotopic (exact) mass is 346 g/mol. The molecule has 1 aliphatic carbocycles. The maximum atomic E-state index is 12.0. The summed E-state index contributed by atoms with van der Waals surface area (Å²) in [5.41, 5.74) is 0.271. The van der Waals surface area contributed by atoms with Gasteiger partial charge in [-0.15, -0.1) is 0 Å². The van der Waals surface area contributed by atoms with E-state index in [0.717, 1.165) is 13.0 Å². The molecular weight excluding hydrogens is 308 g/mol. The normalized spacial score (nSPS) is 20.1. The van der Waals surface area contributed by atoms with Crippen LogP contribution in [-0.4, -0.2) is 55.1 Å². The number of rotatable bonds is 8. The van der Waals surface area contributed by atoms with Gasteiger partial charge in [0.1, 0.15) is 0 Å². The van der Waals surface area contributed by atoms with Crippen molar-refractivity contribution in [1.29, 1.82) is 0 Å². The van der Waals surface area contributed by atoms with Crippen molar-refractivity contribution >= 4 is 10.0 Å². The predicted octanol–water partition coefficient (Wildman–Crippen LogP) is 3.58. The molecule has 1 aliphatic rings. The molecule has 1 fully saturated rings. The van der Waals surface area contributed by atoms with E-state index >= 15 is 0 Å². The van der Waals surface area contributed by atoms with Gasteiger partial charge in [-0.05, 0) is 51.5 Å². The fraction of sp³-hybridized carbons (Fsp3) is 1.00. The van der Waals surface area contributed by atoms with Crippen molar-refractivity contribution in [1.82, 2.24) is 9.21 Å². The van der Waals surface area contributed by atoms with E-state index in [0.29, 0.717) is 23.4 Å². The predicted molar refractivity (Wildman–Crippen MR) is 99.1 cm³/mol. The van der Waals surface area contributed by atoms with Gasteiger partial charge in [-0.2, -0.15) is 4.31 Å². The zero-order valence-corrected chi connectivity index (χ0v) is 17.5. The van der Waals surface area contributed by atoms with Crippen molar-refractivity contribution in [3.63, 3.8) is 0 Å². The van der Waals surface area contributed by atoms with E-state index in [9.17, 15) is 8.42 Å². The molecule has 0 radical (unpaired) electrons. The Morgan fingerprint density at radius 3 is 1.91 bits per heavy atom. The molecule has 1 unspecified atom stereocenters. The van der Waals surface area contributed by atoms with Gasteiger partial charge < -0.3 is 0 Å². The summed E-state index contributed by atoms with van der Waals surface area (Å²) in [7, 11) is -0.934. The van der Waals surface area contributed by atoms with Crippen LogP contribution in [0.3, 0.4) is 0 Å². The molecule has 0 aliphatic heterocycles. The molecule has 1 saturated carbocycles. The Labute approximate surface area is 144 Å². The highest BCUT2D eigenvalue weighted by Gasteiger charge is 2.54. The molecule has 0 aromatic heterocycles. The molecule has 1 rings (SSSR count). The zero-order valence-electron chi connectivity index (χ0n) is 16.7. The highest BCUT2D eigenvalue weighted by atomic mass is 32.2. The second kappa shape index (κ2) is 6.64. The standard InChI is InChI=1S/C18H38N2O2S/c1-10-20(23(9,21)22)17(6,7)13-15(2)14-19(8)18(11-12-18)16(3,4)5/h15H,10-14H2,1-9H3. The van der Waals surface area contributed by atoms with Crippen molar-refractivity contribution in [3.8, 4) is 0 Å². The lowest BCUT2D eigenvalue weighted by Gasteiger charge is -2.42. The van der Waals surface area contributed by atoms with Crippen molar-refractivity contribution in [2.24, 2.45) is 11.3 Å². The van der Waals surface area contributed by atoms with Gasteiger partial charge in [-0.25, -0.2) is 8.42 Å². The van der Waals surface area contributed by atoms with Crippen molar-refractivity contribution in [2.75, 3.05) is 26.4 Å². The molecule has 0 aromatic carbocycles. The molecule has 0 amide bonds. The first-order chi connectivity index (χ1) is 10.2. The zero-order chi connectivity index (χ0) is 18.3. The molecule has 0 saturated heterocycles. The first-order valence-corrected chi connectivity index (χ1v) is 10.7. The lowest BCUT2D eigenvalue weighted by atomic mass is 9.82. The maximum absolute atomic E-state index is 12.0. The maximum Gasteiger partial charge on any atom is 0.211 e. The minimum absolute atomic E-state index is 0.291. The summed E-state index contributed by atoms with van der Waals surface area (Å²) in [5.74, 6) is 0.450. The fourth-order valence-corrected chi connectivity index (χ4v) is 6.04. The molecule has 0 spiro atoms. The molecule has 0 heterocycles. The van der Waals surface area contributed by atoms with Crippen LogP contribution < -0.4 is 0 Å². The summed E-state index contributed by atoms with van der Waals surface area (Å²) >= 11 is 0. The van der Waals surface area contributed by atoms with Crippen LogP contribution in [0.15, 0.2) is 0 Å². The van der Waals surface area contributed by atoms with Gasteiger partial charge >= 0.3 is 0 Å². The van der Waals surface area contributed by atoms with Crippen LogP contribution in [0, 0.1) is 11.3 Å². The van der Waals surface area contributed by atoms with Crippen molar-refractivity contribution in [2.45, 2.75) is 78.8 Å². The Bertz CT molecular complexity index is 502. The topological polar surface area (TPSA) is 40.6 Å². The number of nitrogens with zero attached hydrogens (tertiary/aromatic N) is 2. The number of hydrogen-bond acceptors (Lipinski definition) is 3. The SMILES string of the molecule is CCN(C(C)(C)CC(C)CN(C)C1(C(C)(C)C)CC1)S(C)(=O)=O. The van der Waals surface area contributed by atoms with Crippen LogP contribution >= 0.6 is 0 Å². The van der Waals surface area contributed by atoms with Crippen molar-refractivity contribution < 1.29 is 8.42 Å². The quantitative estimate of drug-likeness (QED) is 0.674. The smallest absolute Gasteiger partial charge is 0.211 e. The number of hydrogen-bond donors (Lipinski definition) is 0. The van der Waals surface area contributed by atoms with E-state index in [4.69, 9.17) is 0 Å². The Morgan fingerprint density at radius 1 is 1.13 bits per heavy atom. The first kappa shape index (κ1) is 20.9. The van der Waals surface area contributed by atoms with Crippen LogP contribution in [0.25, 0.3) is 0 Å². The first-order valence-electron chi connectivity index (χ1n) is 8.86. The summed E-state index contributed by atoms with van der Waals surface area (Å²) in [6, 6.07) is 0. The van der Waals surface area contributed by atoms with E-state index in [1.165, 1.54) is 19.1 Å². The van der Waals surface area contributed by atoms with Crippen LogP contribution in [-0.2, 0) is 10.0 Å². The molecule has 23 heavy (non-hydrogen) atoms. The van der Waals surface area contributed by atoms with Crippen LogP contribution in [0.2, 0.25) is 0 Å². The van der Waals surface area contributed by atoms with E-state index in [1.807, 2.05) is 20.8 Å². The number of sulfonamides is 1. The average Bonchev–Trinajstić information content (AvgIpc) is 3.04.